The van der Waals surface area contributed by atoms with E-state index in [0.29, 0.717) is 5.57 Å². The lowest BCUT2D eigenvalue weighted by Crippen LogP contribution is -2.28. The van der Waals surface area contributed by atoms with Gasteiger partial charge in [-0.1, -0.05) is 15.9 Å². The molecule has 0 aliphatic carbocycles. The van der Waals surface area contributed by atoms with E-state index in [1.165, 1.54) is 0 Å². The Bertz CT molecular complexity index is 290. The molecule has 0 radical (unpaired) electrons. The van der Waals surface area contributed by atoms with Gasteiger partial charge in [0.1, 0.15) is 12.1 Å². The molecule has 0 aromatic carbocycles. The lowest BCUT2D eigenvalue weighted by atomic mass is 10.0. The molecule has 0 aromatic rings. The van der Waals surface area contributed by atoms with Gasteiger partial charge in [0.05, 0.1) is 5.57 Å². The molecule has 13 heavy (non-hydrogen) atoms. The standard InChI is InChI=1S/C9H11BrN2O/c1-11-9-8(6-13)7(2-4-10)3-5-12-9/h3,5,9,11H,2,4H2,1H3. The van der Waals surface area contributed by atoms with Crippen molar-refractivity contribution in [2.45, 2.75) is 12.6 Å². The number of nitrogens with zero attached hydrogens (tertiary/aromatic N) is 1. The molecule has 0 spiro atoms. The van der Waals surface area contributed by atoms with E-state index >= 15 is 0 Å². The van der Waals surface area contributed by atoms with Crippen LogP contribution in [0.25, 0.3) is 0 Å². The van der Waals surface area contributed by atoms with Gasteiger partial charge in [0.25, 0.3) is 0 Å². The Hall–Kier alpha value is -0.700. The zero-order valence-electron chi connectivity index (χ0n) is 7.38. The van der Waals surface area contributed by atoms with Crippen LogP contribution in [0.3, 0.4) is 0 Å². The molecule has 1 heterocycles. The number of likely N-dealkylation sites (N-methyl/N-ethyl adjacent to an activating group) is 1. The summed E-state index contributed by atoms with van der Waals surface area (Å²) in [5.74, 6) is 1.94. The normalized spacial score (nSPS) is 21.2. The summed E-state index contributed by atoms with van der Waals surface area (Å²) in [5.41, 5.74) is 1.62. The van der Waals surface area contributed by atoms with Crippen molar-refractivity contribution >= 4 is 28.1 Å². The van der Waals surface area contributed by atoms with Crippen LogP contribution in [0.4, 0.5) is 0 Å². The second-order valence-electron chi connectivity index (χ2n) is 2.64. The number of hydrogen-bond acceptors (Lipinski definition) is 3. The summed E-state index contributed by atoms with van der Waals surface area (Å²) in [4.78, 5) is 14.8. The van der Waals surface area contributed by atoms with Gasteiger partial charge in [0.2, 0.25) is 0 Å². The first-order valence-electron chi connectivity index (χ1n) is 4.04. The van der Waals surface area contributed by atoms with E-state index in [4.69, 9.17) is 0 Å². The zero-order valence-corrected chi connectivity index (χ0v) is 8.97. The molecule has 4 heteroatoms. The minimum atomic E-state index is -0.225. The van der Waals surface area contributed by atoms with Crippen molar-refractivity contribution in [2.24, 2.45) is 4.99 Å². The number of allylic oxidation sites excluding steroid dienone is 1. The van der Waals surface area contributed by atoms with Crippen molar-refractivity contribution in [3.8, 4) is 0 Å². The van der Waals surface area contributed by atoms with Gasteiger partial charge in [0, 0.05) is 11.5 Å². The lowest BCUT2D eigenvalue weighted by Gasteiger charge is -2.17. The van der Waals surface area contributed by atoms with Crippen molar-refractivity contribution in [3.05, 3.63) is 17.2 Å². The van der Waals surface area contributed by atoms with Crippen LogP contribution < -0.4 is 5.32 Å². The van der Waals surface area contributed by atoms with Crippen LogP contribution in [0, 0.1) is 0 Å². The van der Waals surface area contributed by atoms with E-state index in [1.54, 1.807) is 13.3 Å². The maximum Gasteiger partial charge on any atom is 0.135 e. The molecule has 3 nitrogen and oxygen atoms in total. The van der Waals surface area contributed by atoms with Gasteiger partial charge in [-0.05, 0) is 25.1 Å². The summed E-state index contributed by atoms with van der Waals surface area (Å²) < 4.78 is 0. The molecule has 1 atom stereocenters. The van der Waals surface area contributed by atoms with Gasteiger partial charge in [-0.2, -0.15) is 0 Å². The minimum Gasteiger partial charge on any atom is -0.294 e. The van der Waals surface area contributed by atoms with Crippen LogP contribution in [0.15, 0.2) is 22.2 Å². The third-order valence-corrected chi connectivity index (χ3v) is 2.27. The first kappa shape index (κ1) is 10.4. The maximum absolute atomic E-state index is 10.7. The molecule has 1 aliphatic heterocycles. The van der Waals surface area contributed by atoms with Crippen LogP contribution in [0.2, 0.25) is 0 Å². The SMILES string of the molecule is CNC1N=CC=C(CCBr)C1=C=O. The Morgan fingerprint density at radius 1 is 1.77 bits per heavy atom. The number of carbonyl (C=O) groups excluding carboxylic acids is 1. The molecule has 0 amide bonds. The smallest absolute Gasteiger partial charge is 0.135 e. The molecule has 0 fully saturated rings. The molecule has 0 saturated heterocycles. The number of hydrogen-bond donors (Lipinski definition) is 1. The van der Waals surface area contributed by atoms with Crippen molar-refractivity contribution < 1.29 is 4.79 Å². The molecule has 0 saturated carbocycles. The topological polar surface area (TPSA) is 41.5 Å². The number of aliphatic imine (C=N–C) groups is 1. The van der Waals surface area contributed by atoms with Crippen LogP contribution in [0.5, 0.6) is 0 Å². The summed E-state index contributed by atoms with van der Waals surface area (Å²) >= 11 is 3.33. The first-order valence-corrected chi connectivity index (χ1v) is 5.16. The van der Waals surface area contributed by atoms with Gasteiger partial charge in [-0.3, -0.25) is 10.3 Å². The van der Waals surface area contributed by atoms with Crippen LogP contribution >= 0.6 is 15.9 Å². The fourth-order valence-corrected chi connectivity index (χ4v) is 1.65. The first-order chi connectivity index (χ1) is 6.33. The number of alkyl halides is 1. The molecular weight excluding hydrogens is 232 g/mol. The number of nitrogens with one attached hydrogen (secondary N) is 1. The second kappa shape index (κ2) is 5.12. The van der Waals surface area contributed by atoms with Crippen LogP contribution in [-0.4, -0.2) is 30.7 Å². The van der Waals surface area contributed by atoms with Crippen molar-refractivity contribution in [1.29, 1.82) is 0 Å². The van der Waals surface area contributed by atoms with Crippen LogP contribution in [0.1, 0.15) is 6.42 Å². The zero-order chi connectivity index (χ0) is 9.68. The van der Waals surface area contributed by atoms with E-state index in [1.807, 2.05) is 12.0 Å². The van der Waals surface area contributed by atoms with Gasteiger partial charge >= 0.3 is 0 Å². The monoisotopic (exact) mass is 242 g/mol. The van der Waals surface area contributed by atoms with E-state index in [-0.39, 0.29) is 6.17 Å². The molecular formula is C9H11BrN2O. The average Bonchev–Trinajstić information content (AvgIpc) is 2.18. The fraction of sp³-hybridized carbons (Fsp3) is 0.444. The average molecular weight is 243 g/mol. The number of dihydropyridines is 1. The van der Waals surface area contributed by atoms with E-state index in [2.05, 4.69) is 26.2 Å². The molecule has 1 N–H and O–H groups in total. The maximum atomic E-state index is 10.7. The van der Waals surface area contributed by atoms with Crippen LogP contribution in [-0.2, 0) is 4.79 Å². The highest BCUT2D eigenvalue weighted by Gasteiger charge is 2.17. The van der Waals surface area contributed by atoms with Gasteiger partial charge in [-0.15, -0.1) is 0 Å². The molecule has 1 aliphatic rings. The minimum absolute atomic E-state index is 0.225. The Morgan fingerprint density at radius 2 is 2.54 bits per heavy atom. The third-order valence-electron chi connectivity index (χ3n) is 1.88. The second-order valence-corrected chi connectivity index (χ2v) is 3.43. The predicted molar refractivity (Wildman–Crippen MR) is 57.0 cm³/mol. The highest BCUT2D eigenvalue weighted by Crippen LogP contribution is 2.19. The fourth-order valence-electron chi connectivity index (χ4n) is 1.22. The summed E-state index contributed by atoms with van der Waals surface area (Å²) in [6, 6.07) is 0. The van der Waals surface area contributed by atoms with Gasteiger partial charge < -0.3 is 0 Å². The summed E-state index contributed by atoms with van der Waals surface area (Å²) in [5, 5.41) is 3.78. The van der Waals surface area contributed by atoms with Crippen molar-refractivity contribution in [3.63, 3.8) is 0 Å². The molecule has 1 rings (SSSR count). The molecule has 0 aromatic heterocycles. The van der Waals surface area contributed by atoms with E-state index in [0.717, 1.165) is 17.3 Å². The quantitative estimate of drug-likeness (QED) is 0.595. The summed E-state index contributed by atoms with van der Waals surface area (Å²) in [6.07, 6.45) is 4.18. The predicted octanol–water partition coefficient (Wildman–Crippen LogP) is 1.09. The molecule has 1 unspecified atom stereocenters. The summed E-state index contributed by atoms with van der Waals surface area (Å²) in [6.45, 7) is 0. The Balaban J connectivity index is 2.89. The lowest BCUT2D eigenvalue weighted by molar-refractivity contribution is 0.561. The Kier molecular flexibility index (Phi) is 4.09. The van der Waals surface area contributed by atoms with Gasteiger partial charge in [0.15, 0.2) is 0 Å². The van der Waals surface area contributed by atoms with Gasteiger partial charge in [-0.25, -0.2) is 4.79 Å². The molecule has 0 bridgehead atoms. The largest absolute Gasteiger partial charge is 0.294 e. The van der Waals surface area contributed by atoms with Crippen molar-refractivity contribution in [2.75, 3.05) is 12.4 Å². The highest BCUT2D eigenvalue weighted by molar-refractivity contribution is 9.09. The van der Waals surface area contributed by atoms with E-state index < -0.39 is 0 Å². The van der Waals surface area contributed by atoms with E-state index in [9.17, 15) is 4.79 Å². The third kappa shape index (κ3) is 2.37. The summed E-state index contributed by atoms with van der Waals surface area (Å²) in [7, 11) is 1.77. The number of halogens is 1. The highest BCUT2D eigenvalue weighted by atomic mass is 79.9. The number of rotatable bonds is 3. The Morgan fingerprint density at radius 3 is 3.08 bits per heavy atom. The molecule has 70 valence electrons. The van der Waals surface area contributed by atoms with Crippen molar-refractivity contribution in [1.82, 2.24) is 5.32 Å². The Labute approximate surface area is 85.7 Å².